The van der Waals surface area contributed by atoms with E-state index in [4.69, 9.17) is 10.5 Å². The molecule has 1 aromatic carbocycles. The predicted octanol–water partition coefficient (Wildman–Crippen LogP) is 4.91. The standard InChI is InChI=1S/C30H50N4O5/c1-8-9-10-11-12-15-20-34(26(27(36)32-21(2)3)23-17-14-13-16-22(23)4)28(37)24(18-19-25(31)35)33-29(38)39-30(5,6)7/h13-14,16-17,21,24,26H,8-12,15,18-20H2,1-7H3,(H2,31,35)(H,32,36)(H,33,38). The molecule has 0 aliphatic rings. The highest BCUT2D eigenvalue weighted by Gasteiger charge is 2.36. The van der Waals surface area contributed by atoms with E-state index in [0.717, 1.165) is 37.7 Å². The molecule has 4 amide bonds. The minimum absolute atomic E-state index is 0.00724. The number of rotatable bonds is 16. The number of hydrogen-bond donors (Lipinski definition) is 3. The van der Waals surface area contributed by atoms with Crippen LogP contribution in [0.25, 0.3) is 0 Å². The highest BCUT2D eigenvalue weighted by molar-refractivity contribution is 5.92. The Bertz CT molecular complexity index is 942. The first-order valence-corrected chi connectivity index (χ1v) is 14.2. The number of nitrogens with one attached hydrogen (secondary N) is 2. The lowest BCUT2D eigenvalue weighted by atomic mass is 9.97. The Morgan fingerprint density at radius 3 is 2.15 bits per heavy atom. The summed E-state index contributed by atoms with van der Waals surface area (Å²) in [5.74, 6) is -1.35. The van der Waals surface area contributed by atoms with Crippen LogP contribution in [0.5, 0.6) is 0 Å². The molecule has 2 unspecified atom stereocenters. The third kappa shape index (κ3) is 13.0. The molecule has 9 heteroatoms. The summed E-state index contributed by atoms with van der Waals surface area (Å²) in [6.45, 7) is 13.3. The fraction of sp³-hybridized carbons (Fsp3) is 0.667. The van der Waals surface area contributed by atoms with Crippen LogP contribution in [0.15, 0.2) is 24.3 Å². The molecule has 0 aromatic heterocycles. The monoisotopic (exact) mass is 546 g/mol. The summed E-state index contributed by atoms with van der Waals surface area (Å²) < 4.78 is 5.39. The number of benzene rings is 1. The van der Waals surface area contributed by atoms with Gasteiger partial charge in [0.1, 0.15) is 17.7 Å². The number of alkyl carbamates (subject to hydrolysis) is 1. The first-order valence-electron chi connectivity index (χ1n) is 14.2. The second-order valence-electron chi connectivity index (χ2n) is 11.4. The third-order valence-corrected chi connectivity index (χ3v) is 6.18. The SMILES string of the molecule is CCCCCCCCN(C(=O)C(CCC(N)=O)NC(=O)OC(C)(C)C)C(C(=O)NC(C)C)c1ccccc1C. The maximum absolute atomic E-state index is 14.2. The molecule has 0 radical (unpaired) electrons. The topological polar surface area (TPSA) is 131 Å². The van der Waals surface area contributed by atoms with Crippen LogP contribution in [0.1, 0.15) is 110 Å². The van der Waals surface area contributed by atoms with Crippen molar-refractivity contribution in [1.82, 2.24) is 15.5 Å². The number of nitrogens with zero attached hydrogens (tertiary/aromatic N) is 1. The lowest BCUT2D eigenvalue weighted by molar-refractivity contribution is -0.143. The maximum atomic E-state index is 14.2. The molecule has 0 spiro atoms. The minimum atomic E-state index is -1.09. The number of unbranched alkanes of at least 4 members (excludes halogenated alkanes) is 5. The second-order valence-corrected chi connectivity index (χ2v) is 11.4. The molecule has 0 bridgehead atoms. The molecular weight excluding hydrogens is 496 g/mol. The number of carbonyl (C=O) groups is 4. The number of carbonyl (C=O) groups excluding carboxylic acids is 4. The van der Waals surface area contributed by atoms with Crippen LogP contribution in [0.4, 0.5) is 4.79 Å². The fourth-order valence-electron chi connectivity index (χ4n) is 4.33. The van der Waals surface area contributed by atoms with Crippen LogP contribution in [-0.2, 0) is 19.1 Å². The average molecular weight is 547 g/mol. The molecule has 0 heterocycles. The maximum Gasteiger partial charge on any atom is 0.408 e. The lowest BCUT2D eigenvalue weighted by Crippen LogP contribution is -2.54. The summed E-state index contributed by atoms with van der Waals surface area (Å²) in [5, 5.41) is 5.60. The lowest BCUT2D eigenvalue weighted by Gasteiger charge is -2.35. The van der Waals surface area contributed by atoms with E-state index in [1.165, 1.54) is 0 Å². The summed E-state index contributed by atoms with van der Waals surface area (Å²) in [6, 6.07) is 5.34. The van der Waals surface area contributed by atoms with E-state index in [1.54, 1.807) is 25.7 Å². The fourth-order valence-corrected chi connectivity index (χ4v) is 4.33. The number of aryl methyl sites for hydroxylation is 1. The van der Waals surface area contributed by atoms with Crippen molar-refractivity contribution >= 4 is 23.8 Å². The Morgan fingerprint density at radius 2 is 1.59 bits per heavy atom. The average Bonchev–Trinajstić information content (AvgIpc) is 2.81. The van der Waals surface area contributed by atoms with Crippen molar-refractivity contribution in [3.05, 3.63) is 35.4 Å². The molecule has 9 nitrogen and oxygen atoms in total. The Hall–Kier alpha value is -3.10. The van der Waals surface area contributed by atoms with Crippen molar-refractivity contribution in [2.75, 3.05) is 6.54 Å². The van der Waals surface area contributed by atoms with Crippen LogP contribution < -0.4 is 16.4 Å². The van der Waals surface area contributed by atoms with Crippen molar-refractivity contribution in [3.8, 4) is 0 Å². The van der Waals surface area contributed by atoms with Gasteiger partial charge >= 0.3 is 6.09 Å². The zero-order valence-electron chi connectivity index (χ0n) is 25.0. The van der Waals surface area contributed by atoms with Gasteiger partial charge in [-0.2, -0.15) is 0 Å². The Balaban J connectivity index is 3.46. The molecule has 0 saturated heterocycles. The van der Waals surface area contributed by atoms with Crippen molar-refractivity contribution in [2.45, 2.75) is 124 Å². The molecule has 1 aromatic rings. The summed E-state index contributed by atoms with van der Waals surface area (Å²) in [5.41, 5.74) is 6.19. The molecule has 2 atom stereocenters. The van der Waals surface area contributed by atoms with Gasteiger partial charge in [-0.05, 0) is 65.5 Å². The van der Waals surface area contributed by atoms with Gasteiger partial charge in [-0.15, -0.1) is 0 Å². The van der Waals surface area contributed by atoms with Crippen LogP contribution in [-0.4, -0.2) is 52.9 Å². The van der Waals surface area contributed by atoms with Crippen molar-refractivity contribution < 1.29 is 23.9 Å². The smallest absolute Gasteiger partial charge is 0.408 e. The van der Waals surface area contributed by atoms with Crippen molar-refractivity contribution in [1.29, 1.82) is 0 Å². The molecule has 0 aliphatic heterocycles. The predicted molar refractivity (Wildman–Crippen MR) is 154 cm³/mol. The summed E-state index contributed by atoms with van der Waals surface area (Å²) in [7, 11) is 0. The number of nitrogens with two attached hydrogens (primary N) is 1. The minimum Gasteiger partial charge on any atom is -0.444 e. The molecule has 0 fully saturated rings. The Labute approximate surface area is 234 Å². The van der Waals surface area contributed by atoms with Gasteiger partial charge in [0.2, 0.25) is 17.7 Å². The number of hydrogen-bond acceptors (Lipinski definition) is 5. The summed E-state index contributed by atoms with van der Waals surface area (Å²) >= 11 is 0. The molecule has 220 valence electrons. The number of ether oxygens (including phenoxy) is 1. The van der Waals surface area contributed by atoms with Gasteiger partial charge in [0.15, 0.2) is 0 Å². The quantitative estimate of drug-likeness (QED) is 0.254. The summed E-state index contributed by atoms with van der Waals surface area (Å²) in [4.78, 5) is 53.6. The Morgan fingerprint density at radius 1 is 0.974 bits per heavy atom. The van der Waals surface area contributed by atoms with Gasteiger partial charge in [0, 0.05) is 19.0 Å². The van der Waals surface area contributed by atoms with Crippen LogP contribution in [0.3, 0.4) is 0 Å². The van der Waals surface area contributed by atoms with E-state index in [9.17, 15) is 19.2 Å². The molecule has 0 saturated carbocycles. The molecular formula is C30H50N4O5. The first-order chi connectivity index (χ1) is 18.3. The molecule has 4 N–H and O–H groups in total. The van der Waals surface area contributed by atoms with Gasteiger partial charge in [-0.25, -0.2) is 4.79 Å². The van der Waals surface area contributed by atoms with E-state index in [2.05, 4.69) is 17.6 Å². The Kier molecular flexibility index (Phi) is 14.6. The summed E-state index contributed by atoms with van der Waals surface area (Å²) in [6.07, 6.45) is 5.14. The van der Waals surface area contributed by atoms with Crippen molar-refractivity contribution in [3.63, 3.8) is 0 Å². The zero-order valence-corrected chi connectivity index (χ0v) is 25.0. The highest BCUT2D eigenvalue weighted by Crippen LogP contribution is 2.27. The van der Waals surface area contributed by atoms with Crippen LogP contribution in [0.2, 0.25) is 0 Å². The second kappa shape index (κ2) is 16.8. The van der Waals surface area contributed by atoms with Gasteiger partial charge < -0.3 is 26.0 Å². The normalized spacial score (nSPS) is 12.9. The van der Waals surface area contributed by atoms with Crippen LogP contribution in [0, 0.1) is 6.92 Å². The molecule has 0 aliphatic carbocycles. The van der Waals surface area contributed by atoms with E-state index in [0.29, 0.717) is 18.5 Å². The van der Waals surface area contributed by atoms with E-state index >= 15 is 0 Å². The van der Waals surface area contributed by atoms with E-state index < -0.39 is 35.6 Å². The molecule has 39 heavy (non-hydrogen) atoms. The van der Waals surface area contributed by atoms with Gasteiger partial charge in [-0.3, -0.25) is 14.4 Å². The van der Waals surface area contributed by atoms with E-state index in [-0.39, 0.29) is 24.8 Å². The molecule has 1 rings (SSSR count). The first kappa shape index (κ1) is 33.9. The zero-order chi connectivity index (χ0) is 29.6. The van der Waals surface area contributed by atoms with E-state index in [1.807, 2.05) is 45.0 Å². The van der Waals surface area contributed by atoms with Gasteiger partial charge in [0.25, 0.3) is 0 Å². The van der Waals surface area contributed by atoms with Crippen LogP contribution >= 0.6 is 0 Å². The highest BCUT2D eigenvalue weighted by atomic mass is 16.6. The largest absolute Gasteiger partial charge is 0.444 e. The van der Waals surface area contributed by atoms with Gasteiger partial charge in [0.05, 0.1) is 0 Å². The number of primary amides is 1. The third-order valence-electron chi connectivity index (χ3n) is 6.18. The van der Waals surface area contributed by atoms with Crippen molar-refractivity contribution in [2.24, 2.45) is 5.73 Å². The number of amides is 4. The van der Waals surface area contributed by atoms with Gasteiger partial charge in [-0.1, -0.05) is 63.3 Å².